The number of carbonyl (C=O) groups is 1. The minimum absolute atomic E-state index is 0.146. The number of phenolic OH excluding ortho intramolecular Hbond substituents is 1. The van der Waals surface area contributed by atoms with Crippen LogP contribution in [0.15, 0.2) is 24.3 Å². The second kappa shape index (κ2) is 5.51. The summed E-state index contributed by atoms with van der Waals surface area (Å²) in [6.07, 6.45) is 0.717. The van der Waals surface area contributed by atoms with Gasteiger partial charge in [0, 0.05) is 11.6 Å². The number of carboxylic acid groups (broad SMARTS) is 1. The molecular formula is C12H17NO3. The smallest absolute Gasteiger partial charge is 0.320 e. The van der Waals surface area contributed by atoms with E-state index in [2.05, 4.69) is 5.32 Å². The van der Waals surface area contributed by atoms with Gasteiger partial charge in [0.25, 0.3) is 0 Å². The lowest BCUT2D eigenvalue weighted by Crippen LogP contribution is -2.36. The van der Waals surface area contributed by atoms with Crippen molar-refractivity contribution in [3.63, 3.8) is 0 Å². The van der Waals surface area contributed by atoms with E-state index in [0.29, 0.717) is 0 Å². The highest BCUT2D eigenvalue weighted by Crippen LogP contribution is 2.26. The molecule has 4 nitrogen and oxygen atoms in total. The van der Waals surface area contributed by atoms with E-state index in [9.17, 15) is 9.90 Å². The highest BCUT2D eigenvalue weighted by Gasteiger charge is 2.18. The molecule has 0 aliphatic carbocycles. The van der Waals surface area contributed by atoms with Crippen molar-refractivity contribution >= 4 is 5.97 Å². The predicted octanol–water partition coefficient (Wildman–Crippen LogP) is 1.91. The molecule has 0 fully saturated rings. The van der Waals surface area contributed by atoms with Gasteiger partial charge in [0.15, 0.2) is 0 Å². The predicted molar refractivity (Wildman–Crippen MR) is 61.4 cm³/mol. The molecule has 88 valence electrons. The van der Waals surface area contributed by atoms with Crippen molar-refractivity contribution in [2.75, 3.05) is 0 Å². The average molecular weight is 223 g/mol. The van der Waals surface area contributed by atoms with Gasteiger partial charge in [-0.3, -0.25) is 10.1 Å². The van der Waals surface area contributed by atoms with E-state index in [0.717, 1.165) is 12.0 Å². The summed E-state index contributed by atoms with van der Waals surface area (Å²) in [5.74, 6) is -0.701. The zero-order chi connectivity index (χ0) is 12.1. The summed E-state index contributed by atoms with van der Waals surface area (Å²) < 4.78 is 0. The molecule has 2 unspecified atom stereocenters. The van der Waals surface area contributed by atoms with Gasteiger partial charge in [-0.05, 0) is 19.4 Å². The fraction of sp³-hybridized carbons (Fsp3) is 0.417. The Labute approximate surface area is 94.9 Å². The quantitative estimate of drug-likeness (QED) is 0.713. The number of rotatable bonds is 5. The van der Waals surface area contributed by atoms with E-state index in [1.165, 1.54) is 0 Å². The molecule has 0 saturated carbocycles. The molecule has 4 heteroatoms. The van der Waals surface area contributed by atoms with E-state index in [1.54, 1.807) is 25.1 Å². The molecule has 0 aromatic heterocycles. The number of hydrogen-bond acceptors (Lipinski definition) is 3. The van der Waals surface area contributed by atoms with Crippen molar-refractivity contribution < 1.29 is 15.0 Å². The molecule has 0 bridgehead atoms. The zero-order valence-corrected chi connectivity index (χ0v) is 9.47. The SMILES string of the molecule is CCC(NC(C)C(=O)O)c1ccccc1O. The Hall–Kier alpha value is -1.55. The Kier molecular flexibility index (Phi) is 4.31. The number of benzene rings is 1. The first-order valence-electron chi connectivity index (χ1n) is 5.33. The number of para-hydroxylation sites is 1. The maximum absolute atomic E-state index is 10.7. The summed E-state index contributed by atoms with van der Waals surface area (Å²) in [5.41, 5.74) is 0.734. The minimum atomic E-state index is -0.895. The molecule has 0 saturated heterocycles. The van der Waals surface area contributed by atoms with Gasteiger partial charge in [0.05, 0.1) is 0 Å². The fourth-order valence-corrected chi connectivity index (χ4v) is 1.58. The van der Waals surface area contributed by atoms with Crippen LogP contribution in [-0.4, -0.2) is 22.2 Å². The van der Waals surface area contributed by atoms with Crippen LogP contribution in [0.5, 0.6) is 5.75 Å². The first-order chi connectivity index (χ1) is 7.56. The van der Waals surface area contributed by atoms with Crippen molar-refractivity contribution in [1.82, 2.24) is 5.32 Å². The van der Waals surface area contributed by atoms with Gasteiger partial charge in [-0.2, -0.15) is 0 Å². The van der Waals surface area contributed by atoms with Gasteiger partial charge < -0.3 is 10.2 Å². The lowest BCUT2D eigenvalue weighted by atomic mass is 10.0. The Morgan fingerprint density at radius 3 is 2.56 bits per heavy atom. The summed E-state index contributed by atoms with van der Waals surface area (Å²) in [4.78, 5) is 10.7. The monoisotopic (exact) mass is 223 g/mol. The number of aromatic hydroxyl groups is 1. The van der Waals surface area contributed by atoms with Gasteiger partial charge in [-0.15, -0.1) is 0 Å². The van der Waals surface area contributed by atoms with Gasteiger partial charge in [-0.1, -0.05) is 25.1 Å². The second-order valence-corrected chi connectivity index (χ2v) is 3.75. The van der Waals surface area contributed by atoms with Gasteiger partial charge in [0.1, 0.15) is 11.8 Å². The second-order valence-electron chi connectivity index (χ2n) is 3.75. The van der Waals surface area contributed by atoms with Crippen LogP contribution in [0.2, 0.25) is 0 Å². The third-order valence-electron chi connectivity index (χ3n) is 2.54. The number of carboxylic acids is 1. The number of nitrogens with one attached hydrogen (secondary N) is 1. The Morgan fingerprint density at radius 1 is 1.44 bits per heavy atom. The molecule has 0 amide bonds. The van der Waals surface area contributed by atoms with E-state index in [-0.39, 0.29) is 11.8 Å². The number of phenols is 1. The number of hydrogen-bond donors (Lipinski definition) is 3. The van der Waals surface area contributed by atoms with Crippen LogP contribution in [0.25, 0.3) is 0 Å². The Morgan fingerprint density at radius 2 is 2.06 bits per heavy atom. The van der Waals surface area contributed by atoms with Crippen LogP contribution in [0.1, 0.15) is 31.9 Å². The van der Waals surface area contributed by atoms with Gasteiger partial charge in [-0.25, -0.2) is 0 Å². The normalized spacial score (nSPS) is 14.4. The molecule has 0 heterocycles. The van der Waals surface area contributed by atoms with Gasteiger partial charge >= 0.3 is 5.97 Å². The molecular weight excluding hydrogens is 206 g/mol. The molecule has 1 aromatic carbocycles. The molecule has 1 aromatic rings. The van der Waals surface area contributed by atoms with Crippen LogP contribution in [0, 0.1) is 0 Å². The molecule has 0 radical (unpaired) electrons. The minimum Gasteiger partial charge on any atom is -0.508 e. The topological polar surface area (TPSA) is 69.6 Å². The summed E-state index contributed by atoms with van der Waals surface area (Å²) in [6.45, 7) is 3.53. The highest BCUT2D eigenvalue weighted by molar-refractivity contribution is 5.72. The largest absolute Gasteiger partial charge is 0.508 e. The third kappa shape index (κ3) is 2.97. The maximum atomic E-state index is 10.7. The fourth-order valence-electron chi connectivity index (χ4n) is 1.58. The van der Waals surface area contributed by atoms with Crippen LogP contribution in [-0.2, 0) is 4.79 Å². The molecule has 0 spiro atoms. The van der Waals surface area contributed by atoms with Crippen LogP contribution in [0.3, 0.4) is 0 Å². The Bertz CT molecular complexity index is 365. The average Bonchev–Trinajstić information content (AvgIpc) is 2.26. The van der Waals surface area contributed by atoms with Crippen molar-refractivity contribution in [3.8, 4) is 5.75 Å². The molecule has 16 heavy (non-hydrogen) atoms. The molecule has 2 atom stereocenters. The van der Waals surface area contributed by atoms with Crippen molar-refractivity contribution in [2.45, 2.75) is 32.4 Å². The lowest BCUT2D eigenvalue weighted by Gasteiger charge is -2.21. The van der Waals surface area contributed by atoms with Crippen molar-refractivity contribution in [2.24, 2.45) is 0 Å². The summed E-state index contributed by atoms with van der Waals surface area (Å²) >= 11 is 0. The third-order valence-corrected chi connectivity index (χ3v) is 2.54. The first kappa shape index (κ1) is 12.5. The van der Waals surface area contributed by atoms with Crippen LogP contribution in [0.4, 0.5) is 0 Å². The first-order valence-corrected chi connectivity index (χ1v) is 5.33. The molecule has 0 aliphatic rings. The summed E-state index contributed by atoms with van der Waals surface area (Å²) in [6, 6.07) is 6.18. The highest BCUT2D eigenvalue weighted by atomic mass is 16.4. The standard InChI is InChI=1S/C12H17NO3/c1-3-10(13-8(2)12(15)16)9-6-4-5-7-11(9)14/h4-8,10,13-14H,3H2,1-2H3,(H,15,16). The van der Waals surface area contributed by atoms with Crippen molar-refractivity contribution in [1.29, 1.82) is 0 Å². The molecule has 3 N–H and O–H groups in total. The summed E-state index contributed by atoms with van der Waals surface area (Å²) in [7, 11) is 0. The Balaban J connectivity index is 2.83. The zero-order valence-electron chi connectivity index (χ0n) is 9.47. The van der Waals surface area contributed by atoms with E-state index >= 15 is 0 Å². The maximum Gasteiger partial charge on any atom is 0.320 e. The van der Waals surface area contributed by atoms with Crippen LogP contribution < -0.4 is 5.32 Å². The van der Waals surface area contributed by atoms with E-state index < -0.39 is 12.0 Å². The van der Waals surface area contributed by atoms with Crippen LogP contribution >= 0.6 is 0 Å². The van der Waals surface area contributed by atoms with Gasteiger partial charge in [0.2, 0.25) is 0 Å². The van der Waals surface area contributed by atoms with E-state index in [1.807, 2.05) is 13.0 Å². The molecule has 1 rings (SSSR count). The molecule has 0 aliphatic heterocycles. The van der Waals surface area contributed by atoms with E-state index in [4.69, 9.17) is 5.11 Å². The lowest BCUT2D eigenvalue weighted by molar-refractivity contribution is -0.139. The number of aliphatic carboxylic acids is 1. The van der Waals surface area contributed by atoms with Crippen molar-refractivity contribution in [3.05, 3.63) is 29.8 Å². The summed E-state index contributed by atoms with van der Waals surface area (Å²) in [5, 5.41) is 21.5.